The van der Waals surface area contributed by atoms with Crippen LogP contribution >= 0.6 is 0 Å². The van der Waals surface area contributed by atoms with Crippen LogP contribution in [0, 0.1) is 0 Å². The van der Waals surface area contributed by atoms with Crippen LogP contribution in [-0.4, -0.2) is 16.8 Å². The first-order valence-corrected chi connectivity index (χ1v) is 8.78. The lowest BCUT2D eigenvalue weighted by molar-refractivity contribution is 0.0717. The van der Waals surface area contributed by atoms with Crippen molar-refractivity contribution >= 4 is 16.8 Å². The molecule has 5 rings (SSSR count). The van der Waals surface area contributed by atoms with Crippen LogP contribution in [0.5, 0.6) is 11.5 Å². The Morgan fingerprint density at radius 3 is 2.63 bits per heavy atom. The quantitative estimate of drug-likeness (QED) is 0.584. The molecular weight excluding hydrogens is 342 g/mol. The van der Waals surface area contributed by atoms with E-state index in [1.807, 2.05) is 36.4 Å². The van der Waals surface area contributed by atoms with Gasteiger partial charge in [0.2, 0.25) is 6.10 Å². The number of aromatic nitrogens is 2. The summed E-state index contributed by atoms with van der Waals surface area (Å²) in [5.41, 5.74) is 1.14. The first kappa shape index (κ1) is 15.7. The van der Waals surface area contributed by atoms with Crippen molar-refractivity contribution in [3.63, 3.8) is 0 Å². The smallest absolute Gasteiger partial charge is 0.315 e. The van der Waals surface area contributed by atoms with E-state index >= 15 is 0 Å². The fourth-order valence-electron chi connectivity index (χ4n) is 3.10. The summed E-state index contributed by atoms with van der Waals surface area (Å²) in [5.74, 6) is 1.80. The van der Waals surface area contributed by atoms with Crippen molar-refractivity contribution in [2.24, 2.45) is 0 Å². The van der Waals surface area contributed by atoms with Gasteiger partial charge in [0.25, 0.3) is 5.89 Å². The topological polar surface area (TPSA) is 69.4 Å². The summed E-state index contributed by atoms with van der Waals surface area (Å²) in [6.07, 6.45) is -0.413. The van der Waals surface area contributed by atoms with E-state index in [1.54, 1.807) is 0 Å². The molecule has 27 heavy (non-hydrogen) atoms. The van der Waals surface area contributed by atoms with Gasteiger partial charge in [0.1, 0.15) is 6.61 Å². The largest absolute Gasteiger partial charge is 0.485 e. The lowest BCUT2D eigenvalue weighted by Gasteiger charge is -2.23. The molecule has 0 radical (unpaired) electrons. The SMILES string of the molecule is c1ccc2c(c1)OCC(c1nnc(NCc3ccc4ccccc4c3)o1)O2. The third-order valence-electron chi connectivity index (χ3n) is 4.48. The van der Waals surface area contributed by atoms with Crippen molar-refractivity contribution in [2.45, 2.75) is 12.6 Å². The number of nitrogens with zero attached hydrogens (tertiary/aromatic N) is 2. The molecule has 0 fully saturated rings. The molecule has 1 atom stereocenters. The number of hydrogen-bond donors (Lipinski definition) is 1. The Labute approximate surface area is 155 Å². The zero-order valence-corrected chi connectivity index (χ0v) is 14.5. The van der Waals surface area contributed by atoms with Crippen molar-refractivity contribution in [2.75, 3.05) is 11.9 Å². The molecule has 1 unspecified atom stereocenters. The minimum atomic E-state index is -0.413. The molecule has 1 aliphatic heterocycles. The minimum absolute atomic E-state index is 0.337. The molecule has 1 N–H and O–H groups in total. The number of hydrogen-bond acceptors (Lipinski definition) is 6. The Kier molecular flexibility index (Phi) is 3.86. The first-order chi connectivity index (χ1) is 13.3. The average Bonchev–Trinajstić information content (AvgIpc) is 3.21. The van der Waals surface area contributed by atoms with Gasteiger partial charge in [-0.25, -0.2) is 0 Å². The molecular formula is C21H17N3O3. The number of benzene rings is 3. The van der Waals surface area contributed by atoms with E-state index in [-0.39, 0.29) is 0 Å². The minimum Gasteiger partial charge on any atom is -0.485 e. The van der Waals surface area contributed by atoms with Crippen molar-refractivity contribution in [1.29, 1.82) is 0 Å². The van der Waals surface area contributed by atoms with Gasteiger partial charge < -0.3 is 19.2 Å². The van der Waals surface area contributed by atoms with Gasteiger partial charge in [-0.05, 0) is 34.5 Å². The number of fused-ring (bicyclic) bond motifs is 2. The van der Waals surface area contributed by atoms with E-state index in [9.17, 15) is 0 Å². The monoisotopic (exact) mass is 359 g/mol. The second-order valence-electron chi connectivity index (χ2n) is 6.34. The van der Waals surface area contributed by atoms with Crippen LogP contribution in [0.2, 0.25) is 0 Å². The second kappa shape index (κ2) is 6.64. The molecule has 134 valence electrons. The second-order valence-corrected chi connectivity index (χ2v) is 6.34. The molecule has 2 heterocycles. The molecule has 0 aliphatic carbocycles. The number of rotatable bonds is 4. The van der Waals surface area contributed by atoms with Gasteiger partial charge in [-0.15, -0.1) is 5.10 Å². The highest BCUT2D eigenvalue weighted by molar-refractivity contribution is 5.83. The summed E-state index contributed by atoms with van der Waals surface area (Å²) in [4.78, 5) is 0. The summed E-state index contributed by atoms with van der Waals surface area (Å²) in [6, 6.07) is 22.5. The van der Waals surface area contributed by atoms with Gasteiger partial charge in [-0.1, -0.05) is 53.6 Å². The van der Waals surface area contributed by atoms with E-state index in [0.717, 1.165) is 11.3 Å². The number of anilines is 1. The third kappa shape index (κ3) is 3.17. The van der Waals surface area contributed by atoms with Crippen LogP contribution < -0.4 is 14.8 Å². The molecule has 0 bridgehead atoms. The fraction of sp³-hybridized carbons (Fsp3) is 0.143. The lowest BCUT2D eigenvalue weighted by atomic mass is 10.1. The lowest BCUT2D eigenvalue weighted by Crippen LogP contribution is -2.21. The summed E-state index contributed by atoms with van der Waals surface area (Å²) < 4.78 is 17.3. The van der Waals surface area contributed by atoms with E-state index in [4.69, 9.17) is 13.9 Å². The Bertz CT molecular complexity index is 1090. The Morgan fingerprint density at radius 1 is 0.889 bits per heavy atom. The maximum absolute atomic E-state index is 5.89. The third-order valence-corrected chi connectivity index (χ3v) is 4.48. The Hall–Kier alpha value is -3.54. The molecule has 0 saturated heterocycles. The average molecular weight is 359 g/mol. The highest BCUT2D eigenvalue weighted by atomic mass is 16.6. The molecule has 6 heteroatoms. The van der Waals surface area contributed by atoms with Crippen molar-refractivity contribution in [3.8, 4) is 11.5 Å². The maximum atomic E-state index is 5.89. The van der Waals surface area contributed by atoms with E-state index in [0.29, 0.717) is 30.8 Å². The van der Waals surface area contributed by atoms with Gasteiger partial charge in [0.05, 0.1) is 0 Å². The normalized spacial score (nSPS) is 15.6. The van der Waals surface area contributed by atoms with E-state index < -0.39 is 6.10 Å². The van der Waals surface area contributed by atoms with Gasteiger partial charge in [-0.2, -0.15) is 0 Å². The molecule has 6 nitrogen and oxygen atoms in total. The van der Waals surface area contributed by atoms with Crippen LogP contribution in [-0.2, 0) is 6.54 Å². The zero-order chi connectivity index (χ0) is 18.1. The summed E-state index contributed by atoms with van der Waals surface area (Å²) in [7, 11) is 0. The molecule has 1 aliphatic rings. The highest BCUT2D eigenvalue weighted by Gasteiger charge is 2.27. The Morgan fingerprint density at radius 2 is 1.70 bits per heavy atom. The van der Waals surface area contributed by atoms with Crippen molar-refractivity contribution in [3.05, 3.63) is 78.2 Å². The Balaban J connectivity index is 1.27. The van der Waals surface area contributed by atoms with Crippen LogP contribution in [0.15, 0.2) is 71.1 Å². The summed E-state index contributed by atoms with van der Waals surface area (Å²) in [5, 5.41) is 13.7. The number of ether oxygens (including phenoxy) is 2. The molecule has 0 amide bonds. The van der Waals surface area contributed by atoms with E-state index in [2.05, 4.69) is 45.8 Å². The van der Waals surface area contributed by atoms with Crippen molar-refractivity contribution in [1.82, 2.24) is 10.2 Å². The highest BCUT2D eigenvalue weighted by Crippen LogP contribution is 2.35. The predicted molar refractivity (Wildman–Crippen MR) is 101 cm³/mol. The summed E-state index contributed by atoms with van der Waals surface area (Å²) in [6.45, 7) is 0.931. The molecule has 3 aromatic carbocycles. The van der Waals surface area contributed by atoms with Gasteiger partial charge in [0.15, 0.2) is 11.5 Å². The fourth-order valence-corrected chi connectivity index (χ4v) is 3.10. The first-order valence-electron chi connectivity index (χ1n) is 8.78. The number of para-hydroxylation sites is 2. The molecule has 4 aromatic rings. The van der Waals surface area contributed by atoms with Gasteiger partial charge in [-0.3, -0.25) is 0 Å². The van der Waals surface area contributed by atoms with Crippen LogP contribution in [0.25, 0.3) is 10.8 Å². The molecule has 1 aromatic heterocycles. The maximum Gasteiger partial charge on any atom is 0.315 e. The van der Waals surface area contributed by atoms with Crippen molar-refractivity contribution < 1.29 is 13.9 Å². The van der Waals surface area contributed by atoms with Crippen LogP contribution in [0.4, 0.5) is 6.01 Å². The zero-order valence-electron chi connectivity index (χ0n) is 14.5. The van der Waals surface area contributed by atoms with Gasteiger partial charge in [0, 0.05) is 6.54 Å². The van der Waals surface area contributed by atoms with Crippen LogP contribution in [0.3, 0.4) is 0 Å². The standard InChI is InChI=1S/C21H17N3O3/c1-2-6-16-11-14(9-10-15(16)5-1)12-22-21-24-23-20(27-21)19-13-25-17-7-3-4-8-18(17)26-19/h1-11,19H,12-13H2,(H,22,24). The number of nitrogens with one attached hydrogen (secondary N) is 1. The van der Waals surface area contributed by atoms with E-state index in [1.165, 1.54) is 10.8 Å². The summed E-state index contributed by atoms with van der Waals surface area (Å²) >= 11 is 0. The molecule has 0 spiro atoms. The van der Waals surface area contributed by atoms with Crippen LogP contribution in [0.1, 0.15) is 17.6 Å². The predicted octanol–water partition coefficient (Wildman–Crippen LogP) is 4.35. The molecule has 0 saturated carbocycles. The van der Waals surface area contributed by atoms with Gasteiger partial charge >= 0.3 is 6.01 Å².